The predicted molar refractivity (Wildman–Crippen MR) is 108 cm³/mol. The fraction of sp³-hybridized carbons (Fsp3) is 0.429. The van der Waals surface area contributed by atoms with Gasteiger partial charge in [0, 0.05) is 31.4 Å². The summed E-state index contributed by atoms with van der Waals surface area (Å²) in [5, 5.41) is 6.24. The van der Waals surface area contributed by atoms with Crippen molar-refractivity contribution in [3.8, 4) is 0 Å². The van der Waals surface area contributed by atoms with Crippen LogP contribution in [0.4, 0.5) is 17.2 Å². The van der Waals surface area contributed by atoms with Crippen LogP contribution >= 0.6 is 0 Å². The molecule has 6 nitrogen and oxygen atoms in total. The van der Waals surface area contributed by atoms with E-state index in [1.54, 1.807) is 18.3 Å². The quantitative estimate of drug-likeness (QED) is 0.685. The number of benzene rings is 1. The number of aromatic nitrogens is 1. The highest BCUT2D eigenvalue weighted by molar-refractivity contribution is 5.94. The van der Waals surface area contributed by atoms with Gasteiger partial charge in [-0.15, -0.1) is 0 Å². The molecule has 2 aromatic rings. The van der Waals surface area contributed by atoms with Crippen molar-refractivity contribution in [3.63, 3.8) is 0 Å². The Kier molecular flexibility index (Phi) is 5.25. The van der Waals surface area contributed by atoms with Gasteiger partial charge in [-0.1, -0.05) is 25.0 Å². The number of carbonyl (C=O) groups is 1. The average molecular weight is 365 g/mol. The zero-order chi connectivity index (χ0) is 18.6. The third-order valence-electron chi connectivity index (χ3n) is 5.73. The Morgan fingerprint density at radius 2 is 1.96 bits per heavy atom. The summed E-state index contributed by atoms with van der Waals surface area (Å²) >= 11 is 0. The highest BCUT2D eigenvalue weighted by Gasteiger charge is 2.35. The first-order chi connectivity index (χ1) is 13.2. The summed E-state index contributed by atoms with van der Waals surface area (Å²) in [7, 11) is 0. The average Bonchev–Trinajstić information content (AvgIpc) is 3.17. The number of amides is 1. The second-order valence-electron chi connectivity index (χ2n) is 7.47. The van der Waals surface area contributed by atoms with Crippen molar-refractivity contribution in [1.82, 2.24) is 15.2 Å². The van der Waals surface area contributed by atoms with Gasteiger partial charge in [0.25, 0.3) is 5.91 Å². The number of hydrogen-bond acceptors (Lipinski definition) is 5. The van der Waals surface area contributed by atoms with E-state index in [1.165, 1.54) is 38.6 Å². The molecule has 1 unspecified atom stereocenters. The minimum absolute atomic E-state index is 0.0634. The number of pyridine rings is 1. The van der Waals surface area contributed by atoms with E-state index >= 15 is 0 Å². The number of anilines is 3. The molecule has 0 spiro atoms. The molecule has 0 bridgehead atoms. The molecule has 0 radical (unpaired) electrons. The standard InChI is InChI=1S/C21H27N5O/c22-18-7-3-4-8-19(18)25-20-10-9-15(13-23-20)21(27)24-14-17-11-12-26(17)16-5-1-2-6-16/h3-4,7-10,13,16-17H,1-2,5-6,11-12,14,22H2,(H,23,25)(H,24,27). The number of hydrogen-bond donors (Lipinski definition) is 3. The smallest absolute Gasteiger partial charge is 0.252 e. The van der Waals surface area contributed by atoms with Crippen LogP contribution in [0.3, 0.4) is 0 Å². The van der Waals surface area contributed by atoms with Crippen LogP contribution in [0.25, 0.3) is 0 Å². The van der Waals surface area contributed by atoms with Crippen LogP contribution in [0.1, 0.15) is 42.5 Å². The minimum Gasteiger partial charge on any atom is -0.397 e. The molecule has 4 rings (SSSR count). The van der Waals surface area contributed by atoms with Crippen LogP contribution in [-0.2, 0) is 0 Å². The van der Waals surface area contributed by atoms with E-state index in [1.807, 2.05) is 24.3 Å². The van der Waals surface area contributed by atoms with Crippen molar-refractivity contribution < 1.29 is 4.79 Å². The van der Waals surface area contributed by atoms with E-state index in [2.05, 4.69) is 20.5 Å². The second kappa shape index (κ2) is 7.96. The van der Waals surface area contributed by atoms with Crippen LogP contribution in [-0.4, -0.2) is 41.0 Å². The molecule has 1 aromatic heterocycles. The maximum atomic E-state index is 12.4. The van der Waals surface area contributed by atoms with Crippen molar-refractivity contribution in [2.75, 3.05) is 24.1 Å². The normalized spacial score (nSPS) is 20.2. The number of para-hydroxylation sites is 2. The summed E-state index contributed by atoms with van der Waals surface area (Å²) in [5.41, 5.74) is 7.97. The topological polar surface area (TPSA) is 83.3 Å². The van der Waals surface area contributed by atoms with Crippen molar-refractivity contribution in [2.24, 2.45) is 0 Å². The predicted octanol–water partition coefficient (Wildman–Crippen LogP) is 3.15. The van der Waals surface area contributed by atoms with Crippen LogP contribution in [0.5, 0.6) is 0 Å². The highest BCUT2D eigenvalue weighted by atomic mass is 16.1. The van der Waals surface area contributed by atoms with Crippen molar-refractivity contribution in [3.05, 3.63) is 48.2 Å². The van der Waals surface area contributed by atoms with Gasteiger partial charge in [0.15, 0.2) is 0 Å². The number of nitrogen functional groups attached to an aromatic ring is 1. The minimum atomic E-state index is -0.0634. The molecule has 2 aliphatic rings. The Bertz CT molecular complexity index is 785. The van der Waals surface area contributed by atoms with Gasteiger partial charge in [-0.2, -0.15) is 0 Å². The third-order valence-corrected chi connectivity index (χ3v) is 5.73. The monoisotopic (exact) mass is 365 g/mol. The number of carbonyl (C=O) groups excluding carboxylic acids is 1. The fourth-order valence-corrected chi connectivity index (χ4v) is 4.06. The lowest BCUT2D eigenvalue weighted by Crippen LogP contribution is -2.56. The Balaban J connectivity index is 1.29. The zero-order valence-electron chi connectivity index (χ0n) is 15.5. The van der Waals surface area contributed by atoms with E-state index < -0.39 is 0 Å². The van der Waals surface area contributed by atoms with Gasteiger partial charge in [-0.25, -0.2) is 4.98 Å². The fourth-order valence-electron chi connectivity index (χ4n) is 4.06. The van der Waals surface area contributed by atoms with Crippen LogP contribution < -0.4 is 16.4 Å². The molecule has 1 saturated heterocycles. The Hall–Kier alpha value is -2.60. The number of nitrogens with one attached hydrogen (secondary N) is 2. The highest BCUT2D eigenvalue weighted by Crippen LogP contribution is 2.30. The third kappa shape index (κ3) is 4.06. The van der Waals surface area contributed by atoms with E-state index in [9.17, 15) is 4.79 Å². The van der Waals surface area contributed by atoms with Crippen LogP contribution in [0.15, 0.2) is 42.6 Å². The van der Waals surface area contributed by atoms with Gasteiger partial charge < -0.3 is 16.4 Å². The molecular weight excluding hydrogens is 338 g/mol. The SMILES string of the molecule is Nc1ccccc1Nc1ccc(C(=O)NCC2CCN2C2CCCC2)cn1. The molecule has 27 heavy (non-hydrogen) atoms. The maximum absolute atomic E-state index is 12.4. The van der Waals surface area contributed by atoms with Crippen LogP contribution in [0.2, 0.25) is 0 Å². The molecule has 4 N–H and O–H groups in total. The maximum Gasteiger partial charge on any atom is 0.252 e. The van der Waals surface area contributed by atoms with Gasteiger partial charge in [0.05, 0.1) is 16.9 Å². The molecule has 6 heteroatoms. The zero-order valence-corrected chi connectivity index (χ0v) is 15.5. The molecule has 2 fully saturated rings. The number of likely N-dealkylation sites (tertiary alicyclic amines) is 1. The first kappa shape index (κ1) is 17.8. The number of nitrogens with zero attached hydrogens (tertiary/aromatic N) is 2. The van der Waals surface area contributed by atoms with Crippen LogP contribution in [0, 0.1) is 0 Å². The van der Waals surface area contributed by atoms with Gasteiger partial charge in [0.1, 0.15) is 5.82 Å². The van der Waals surface area contributed by atoms with Crippen molar-refractivity contribution >= 4 is 23.1 Å². The van der Waals surface area contributed by atoms with E-state index in [-0.39, 0.29) is 5.91 Å². The second-order valence-corrected chi connectivity index (χ2v) is 7.47. The lowest BCUT2D eigenvalue weighted by Gasteiger charge is -2.45. The summed E-state index contributed by atoms with van der Waals surface area (Å²) in [6, 6.07) is 12.3. The first-order valence-electron chi connectivity index (χ1n) is 9.82. The molecule has 142 valence electrons. The van der Waals surface area contributed by atoms with E-state index in [0.29, 0.717) is 23.1 Å². The molecule has 1 amide bonds. The molecule has 1 aromatic carbocycles. The molecule has 1 aliphatic heterocycles. The lowest BCUT2D eigenvalue weighted by atomic mass is 9.98. The molecular formula is C21H27N5O. The Labute approximate surface area is 160 Å². The summed E-state index contributed by atoms with van der Waals surface area (Å²) < 4.78 is 0. The van der Waals surface area contributed by atoms with Gasteiger partial charge >= 0.3 is 0 Å². The Morgan fingerprint density at radius 3 is 2.63 bits per heavy atom. The Morgan fingerprint density at radius 1 is 1.15 bits per heavy atom. The molecule has 1 aliphatic carbocycles. The van der Waals surface area contributed by atoms with E-state index in [0.717, 1.165) is 18.3 Å². The largest absolute Gasteiger partial charge is 0.397 e. The van der Waals surface area contributed by atoms with Gasteiger partial charge in [-0.05, 0) is 43.5 Å². The molecule has 1 saturated carbocycles. The van der Waals surface area contributed by atoms with E-state index in [4.69, 9.17) is 5.73 Å². The van der Waals surface area contributed by atoms with Crippen molar-refractivity contribution in [1.29, 1.82) is 0 Å². The summed E-state index contributed by atoms with van der Waals surface area (Å²) in [4.78, 5) is 19.3. The lowest BCUT2D eigenvalue weighted by molar-refractivity contribution is 0.0425. The summed E-state index contributed by atoms with van der Waals surface area (Å²) in [5.74, 6) is 0.599. The first-order valence-corrected chi connectivity index (χ1v) is 9.82. The molecule has 1 atom stereocenters. The number of rotatable bonds is 6. The van der Waals surface area contributed by atoms with Crippen molar-refractivity contribution in [2.45, 2.75) is 44.2 Å². The van der Waals surface area contributed by atoms with Gasteiger partial charge in [0.2, 0.25) is 0 Å². The molecule has 2 heterocycles. The van der Waals surface area contributed by atoms with Gasteiger partial charge in [-0.3, -0.25) is 9.69 Å². The summed E-state index contributed by atoms with van der Waals surface area (Å²) in [6.45, 7) is 1.89. The number of nitrogens with two attached hydrogens (primary N) is 1. The summed E-state index contributed by atoms with van der Waals surface area (Å²) in [6.07, 6.45) is 8.11.